The molecular weight excluding hydrogens is 344 g/mol. The number of amides is 1. The van der Waals surface area contributed by atoms with Crippen LogP contribution in [0.3, 0.4) is 0 Å². The topological polar surface area (TPSA) is 72.5 Å². The molecule has 0 aromatic carbocycles. The third kappa shape index (κ3) is 3.04. The van der Waals surface area contributed by atoms with E-state index in [0.717, 1.165) is 5.69 Å². The van der Waals surface area contributed by atoms with Gasteiger partial charge in [0.05, 0.1) is 6.20 Å². The molecule has 2 aromatic heterocycles. The largest absolute Gasteiger partial charge is 0.483 e. The first-order valence-electron chi connectivity index (χ1n) is 9.67. The summed E-state index contributed by atoms with van der Waals surface area (Å²) in [4.78, 5) is 14.7. The zero-order valence-corrected chi connectivity index (χ0v) is 16.5. The van der Waals surface area contributed by atoms with Crippen LogP contribution < -0.4 is 4.74 Å². The normalized spacial score (nSPS) is 21.4. The van der Waals surface area contributed by atoms with Gasteiger partial charge in [0.2, 0.25) is 0 Å². The summed E-state index contributed by atoms with van der Waals surface area (Å²) >= 11 is 0. The van der Waals surface area contributed by atoms with Crippen LogP contribution in [-0.2, 0) is 7.05 Å². The van der Waals surface area contributed by atoms with Crippen LogP contribution in [-0.4, -0.2) is 49.0 Å². The Kier molecular flexibility index (Phi) is 4.29. The first-order chi connectivity index (χ1) is 12.8. The molecule has 0 bridgehead atoms. The maximum atomic E-state index is 12.8. The second kappa shape index (κ2) is 6.41. The quantitative estimate of drug-likeness (QED) is 0.880. The fourth-order valence-electron chi connectivity index (χ4n) is 4.10. The predicted octanol–water partition coefficient (Wildman–Crippen LogP) is 2.60. The number of hydrogen-bond acceptors (Lipinski definition) is 4. The Bertz CT molecular complexity index is 859. The number of nitrogens with zero attached hydrogens (tertiary/aromatic N) is 4. The Morgan fingerprint density at radius 1 is 1.33 bits per heavy atom. The van der Waals surface area contributed by atoms with Crippen molar-refractivity contribution < 1.29 is 14.6 Å². The minimum absolute atomic E-state index is 0.0603. The number of piperidine rings is 1. The van der Waals surface area contributed by atoms with Crippen LogP contribution >= 0.6 is 0 Å². The minimum atomic E-state index is -0.619. The standard InChI is InChI=1S/C20H28N4O3/c1-13(2)24-12-17-18(21-24)16(25)11-20(27-17)7-9-23(10-8-20)19(26)15-6-5-14(3)22(15)4/h5-6,12-13,16,25H,7-11H2,1-4H3. The van der Waals surface area contributed by atoms with E-state index >= 15 is 0 Å². The molecule has 27 heavy (non-hydrogen) atoms. The molecule has 1 unspecified atom stereocenters. The summed E-state index contributed by atoms with van der Waals surface area (Å²) in [5.41, 5.74) is 2.00. The third-order valence-corrected chi connectivity index (χ3v) is 6.02. The number of carbonyl (C=O) groups is 1. The molecule has 146 valence electrons. The van der Waals surface area contributed by atoms with Crippen LogP contribution in [0, 0.1) is 6.92 Å². The highest BCUT2D eigenvalue weighted by molar-refractivity contribution is 5.93. The van der Waals surface area contributed by atoms with Gasteiger partial charge in [0, 0.05) is 51.1 Å². The molecular formula is C20H28N4O3. The van der Waals surface area contributed by atoms with Gasteiger partial charge < -0.3 is 19.3 Å². The number of hydrogen-bond donors (Lipinski definition) is 1. The molecule has 2 aromatic rings. The van der Waals surface area contributed by atoms with E-state index in [0.29, 0.717) is 49.5 Å². The molecule has 0 saturated carbocycles. The van der Waals surface area contributed by atoms with Gasteiger partial charge in [-0.15, -0.1) is 0 Å². The first-order valence-corrected chi connectivity index (χ1v) is 9.67. The Balaban J connectivity index is 1.48. The molecule has 7 nitrogen and oxygen atoms in total. The third-order valence-electron chi connectivity index (χ3n) is 6.02. The number of fused-ring (bicyclic) bond motifs is 1. The van der Waals surface area contributed by atoms with Gasteiger partial charge in [0.25, 0.3) is 5.91 Å². The smallest absolute Gasteiger partial charge is 0.270 e. The number of carbonyl (C=O) groups excluding carboxylic acids is 1. The predicted molar refractivity (Wildman–Crippen MR) is 101 cm³/mol. The molecule has 1 spiro atoms. The highest BCUT2D eigenvalue weighted by atomic mass is 16.5. The molecule has 2 aliphatic rings. The fraction of sp³-hybridized carbons (Fsp3) is 0.600. The number of ether oxygens (including phenoxy) is 1. The molecule has 0 aliphatic carbocycles. The van der Waals surface area contributed by atoms with Crippen molar-refractivity contribution in [1.82, 2.24) is 19.2 Å². The van der Waals surface area contributed by atoms with Gasteiger partial charge in [-0.05, 0) is 32.9 Å². The molecule has 1 atom stereocenters. The molecule has 1 amide bonds. The van der Waals surface area contributed by atoms with E-state index in [1.54, 1.807) is 0 Å². The lowest BCUT2D eigenvalue weighted by Gasteiger charge is -2.44. The van der Waals surface area contributed by atoms with Crippen molar-refractivity contribution in [3.63, 3.8) is 0 Å². The Hall–Kier alpha value is -2.28. The summed E-state index contributed by atoms with van der Waals surface area (Å²) in [7, 11) is 1.92. The zero-order valence-electron chi connectivity index (χ0n) is 16.5. The number of aliphatic hydroxyl groups excluding tert-OH is 1. The highest BCUT2D eigenvalue weighted by Crippen LogP contribution is 2.44. The Labute approximate surface area is 159 Å². The Morgan fingerprint density at radius 2 is 2.04 bits per heavy atom. The van der Waals surface area contributed by atoms with E-state index < -0.39 is 11.7 Å². The van der Waals surface area contributed by atoms with Gasteiger partial charge in [-0.1, -0.05) is 0 Å². The summed E-state index contributed by atoms with van der Waals surface area (Å²) in [6.45, 7) is 7.35. The second-order valence-corrected chi connectivity index (χ2v) is 8.17. The van der Waals surface area contributed by atoms with E-state index in [-0.39, 0.29) is 11.9 Å². The molecule has 1 fully saturated rings. The van der Waals surface area contributed by atoms with Crippen molar-refractivity contribution in [1.29, 1.82) is 0 Å². The fourth-order valence-corrected chi connectivity index (χ4v) is 4.10. The molecule has 7 heteroatoms. The van der Waals surface area contributed by atoms with Gasteiger partial charge in [0.1, 0.15) is 23.1 Å². The van der Waals surface area contributed by atoms with E-state index in [1.807, 2.05) is 46.4 Å². The molecule has 4 heterocycles. The summed E-state index contributed by atoms with van der Waals surface area (Å²) in [5, 5.41) is 15.1. The van der Waals surface area contributed by atoms with Crippen molar-refractivity contribution >= 4 is 5.91 Å². The van der Waals surface area contributed by atoms with Gasteiger partial charge in [-0.25, -0.2) is 0 Å². The zero-order chi connectivity index (χ0) is 19.3. The van der Waals surface area contributed by atoms with Crippen molar-refractivity contribution in [3.05, 3.63) is 35.4 Å². The van der Waals surface area contributed by atoms with Crippen LogP contribution in [0.25, 0.3) is 0 Å². The molecule has 2 aliphatic heterocycles. The summed E-state index contributed by atoms with van der Waals surface area (Å²) in [6.07, 6.45) is 3.22. The Morgan fingerprint density at radius 3 is 2.63 bits per heavy atom. The van der Waals surface area contributed by atoms with Crippen LogP contribution in [0.1, 0.15) is 67.1 Å². The highest BCUT2D eigenvalue weighted by Gasteiger charge is 2.45. The van der Waals surface area contributed by atoms with Gasteiger partial charge in [-0.3, -0.25) is 9.48 Å². The SMILES string of the molecule is Cc1ccc(C(=O)N2CCC3(CC2)CC(O)c2nn(C(C)C)cc2O3)n1C. The van der Waals surface area contributed by atoms with E-state index in [4.69, 9.17) is 4.74 Å². The molecule has 1 saturated heterocycles. The van der Waals surface area contributed by atoms with Crippen LogP contribution in [0.5, 0.6) is 5.75 Å². The average molecular weight is 372 g/mol. The monoisotopic (exact) mass is 372 g/mol. The number of aromatic nitrogens is 3. The van der Waals surface area contributed by atoms with Crippen LogP contribution in [0.4, 0.5) is 0 Å². The second-order valence-electron chi connectivity index (χ2n) is 8.17. The molecule has 0 radical (unpaired) electrons. The van der Waals surface area contributed by atoms with Crippen molar-refractivity contribution in [2.45, 2.75) is 57.8 Å². The minimum Gasteiger partial charge on any atom is -0.483 e. The van der Waals surface area contributed by atoms with Crippen molar-refractivity contribution in [2.24, 2.45) is 7.05 Å². The molecule has 1 N–H and O–H groups in total. The van der Waals surface area contributed by atoms with Crippen LogP contribution in [0.15, 0.2) is 18.3 Å². The van der Waals surface area contributed by atoms with E-state index in [1.165, 1.54) is 0 Å². The lowest BCUT2D eigenvalue weighted by Crippen LogP contribution is -2.52. The first kappa shape index (κ1) is 18.1. The maximum Gasteiger partial charge on any atom is 0.270 e. The lowest BCUT2D eigenvalue weighted by molar-refractivity contribution is -0.0505. The van der Waals surface area contributed by atoms with Crippen molar-refractivity contribution in [3.8, 4) is 5.75 Å². The number of aliphatic hydroxyl groups is 1. The van der Waals surface area contributed by atoms with Gasteiger partial charge in [-0.2, -0.15) is 5.10 Å². The number of rotatable bonds is 2. The summed E-state index contributed by atoms with van der Waals surface area (Å²) < 4.78 is 10.1. The number of aryl methyl sites for hydroxylation is 1. The van der Waals surface area contributed by atoms with Crippen LogP contribution in [0.2, 0.25) is 0 Å². The maximum absolute atomic E-state index is 12.8. The average Bonchev–Trinajstić information content (AvgIpc) is 3.20. The molecule has 4 rings (SSSR count). The number of likely N-dealkylation sites (tertiary alicyclic amines) is 1. The van der Waals surface area contributed by atoms with Gasteiger partial charge in [0.15, 0.2) is 5.75 Å². The lowest BCUT2D eigenvalue weighted by atomic mass is 9.83. The van der Waals surface area contributed by atoms with E-state index in [2.05, 4.69) is 18.9 Å². The summed E-state index contributed by atoms with van der Waals surface area (Å²) in [6, 6.07) is 4.07. The van der Waals surface area contributed by atoms with Crippen molar-refractivity contribution in [2.75, 3.05) is 13.1 Å². The van der Waals surface area contributed by atoms with Gasteiger partial charge >= 0.3 is 0 Å². The summed E-state index contributed by atoms with van der Waals surface area (Å²) in [5.74, 6) is 0.741. The van der Waals surface area contributed by atoms with E-state index in [9.17, 15) is 9.90 Å².